The number of thiocarbonyl (C=S) groups is 1. The third-order valence-electron chi connectivity index (χ3n) is 4.84. The van der Waals surface area contributed by atoms with E-state index in [2.05, 4.69) is 12.2 Å². The predicted molar refractivity (Wildman–Crippen MR) is 72.9 cm³/mol. The molecule has 0 aromatic heterocycles. The van der Waals surface area contributed by atoms with Crippen LogP contribution in [0.15, 0.2) is 0 Å². The molecule has 4 rings (SSSR count). The molecule has 4 saturated carbocycles. The molecule has 2 nitrogen and oxygen atoms in total. The van der Waals surface area contributed by atoms with Crippen molar-refractivity contribution in [3.8, 4) is 0 Å². The molecule has 0 aromatic rings. The van der Waals surface area contributed by atoms with Gasteiger partial charge in [0, 0.05) is 5.54 Å². The first-order chi connectivity index (χ1) is 8.19. The Labute approximate surface area is 109 Å². The number of nitrogens with one attached hydrogen (secondary N) is 1. The van der Waals surface area contributed by atoms with Gasteiger partial charge in [0.2, 0.25) is 0 Å². The van der Waals surface area contributed by atoms with E-state index in [0.717, 1.165) is 30.8 Å². The first-order valence-electron chi connectivity index (χ1n) is 7.14. The van der Waals surface area contributed by atoms with E-state index in [4.69, 9.17) is 17.0 Å². The van der Waals surface area contributed by atoms with E-state index < -0.39 is 0 Å². The minimum atomic E-state index is 0.305. The minimum Gasteiger partial charge on any atom is -0.471 e. The van der Waals surface area contributed by atoms with Crippen molar-refractivity contribution in [2.24, 2.45) is 17.8 Å². The first-order valence-corrected chi connectivity index (χ1v) is 7.55. The fraction of sp³-hybridized carbons (Fsp3) is 0.929. The van der Waals surface area contributed by atoms with Gasteiger partial charge in [0.25, 0.3) is 5.17 Å². The number of hydrogen-bond acceptors (Lipinski definition) is 2. The summed E-state index contributed by atoms with van der Waals surface area (Å²) in [4.78, 5) is 0. The quantitative estimate of drug-likeness (QED) is 0.780. The highest BCUT2D eigenvalue weighted by atomic mass is 32.1. The average Bonchev–Trinajstić information content (AvgIpc) is 2.23. The Morgan fingerprint density at radius 2 is 1.71 bits per heavy atom. The molecule has 4 bridgehead atoms. The lowest BCUT2D eigenvalue weighted by Gasteiger charge is -2.57. The van der Waals surface area contributed by atoms with Gasteiger partial charge in [-0.25, -0.2) is 0 Å². The molecule has 4 aliphatic rings. The SMILES string of the molecule is CCCOC(=S)NC12CC3CC(CC(C3)C1)C2. The van der Waals surface area contributed by atoms with Crippen LogP contribution in [0.25, 0.3) is 0 Å². The van der Waals surface area contributed by atoms with Crippen molar-refractivity contribution in [3.63, 3.8) is 0 Å². The van der Waals surface area contributed by atoms with Crippen molar-refractivity contribution < 1.29 is 4.74 Å². The third kappa shape index (κ3) is 2.31. The maximum Gasteiger partial charge on any atom is 0.257 e. The monoisotopic (exact) mass is 253 g/mol. The standard InChI is InChI=1S/C14H23NOS/c1-2-3-16-13(17)15-14-7-10-4-11(8-14)6-12(5-10)9-14/h10-12H,2-9H2,1H3,(H,15,17). The summed E-state index contributed by atoms with van der Waals surface area (Å²) in [5.41, 5.74) is 0.305. The fourth-order valence-electron chi connectivity index (χ4n) is 4.71. The van der Waals surface area contributed by atoms with Crippen LogP contribution >= 0.6 is 12.2 Å². The van der Waals surface area contributed by atoms with Crippen LogP contribution in [-0.4, -0.2) is 17.3 Å². The van der Waals surface area contributed by atoms with Crippen LogP contribution in [0.3, 0.4) is 0 Å². The molecule has 1 N–H and O–H groups in total. The summed E-state index contributed by atoms with van der Waals surface area (Å²) in [5.74, 6) is 2.88. The van der Waals surface area contributed by atoms with Crippen LogP contribution in [0, 0.1) is 17.8 Å². The summed E-state index contributed by atoms with van der Waals surface area (Å²) >= 11 is 5.32. The van der Waals surface area contributed by atoms with Gasteiger partial charge in [-0.3, -0.25) is 0 Å². The molecule has 4 aliphatic carbocycles. The van der Waals surface area contributed by atoms with Crippen LogP contribution in [0.4, 0.5) is 0 Å². The van der Waals surface area contributed by atoms with Gasteiger partial charge >= 0.3 is 0 Å². The highest BCUT2D eigenvalue weighted by Gasteiger charge is 2.51. The summed E-state index contributed by atoms with van der Waals surface area (Å²) in [7, 11) is 0. The lowest BCUT2D eigenvalue weighted by molar-refractivity contribution is -0.0126. The highest BCUT2D eigenvalue weighted by Crippen LogP contribution is 2.55. The zero-order valence-corrected chi connectivity index (χ0v) is 11.5. The molecule has 0 spiro atoms. The van der Waals surface area contributed by atoms with Crippen LogP contribution < -0.4 is 5.32 Å². The summed E-state index contributed by atoms with van der Waals surface area (Å²) in [6.07, 6.45) is 9.44. The Kier molecular flexibility index (Phi) is 3.06. The lowest BCUT2D eigenvalue weighted by Crippen LogP contribution is -2.59. The molecule has 0 heterocycles. The zero-order valence-electron chi connectivity index (χ0n) is 10.7. The largest absolute Gasteiger partial charge is 0.471 e. The fourth-order valence-corrected chi connectivity index (χ4v) is 5.01. The number of ether oxygens (including phenoxy) is 1. The van der Waals surface area contributed by atoms with E-state index in [1.165, 1.54) is 38.5 Å². The van der Waals surface area contributed by atoms with Crippen molar-refractivity contribution in [1.82, 2.24) is 5.32 Å². The van der Waals surface area contributed by atoms with E-state index in [0.29, 0.717) is 10.7 Å². The molecule has 17 heavy (non-hydrogen) atoms. The van der Waals surface area contributed by atoms with Gasteiger partial charge in [-0.05, 0) is 74.9 Å². The number of hydrogen-bond donors (Lipinski definition) is 1. The van der Waals surface area contributed by atoms with Crippen LogP contribution in [0.5, 0.6) is 0 Å². The average molecular weight is 253 g/mol. The van der Waals surface area contributed by atoms with E-state index in [1.54, 1.807) is 0 Å². The van der Waals surface area contributed by atoms with E-state index >= 15 is 0 Å². The molecule has 0 aliphatic heterocycles. The van der Waals surface area contributed by atoms with Gasteiger partial charge in [0.15, 0.2) is 0 Å². The van der Waals surface area contributed by atoms with Crippen molar-refractivity contribution >= 4 is 17.4 Å². The Balaban J connectivity index is 1.64. The van der Waals surface area contributed by atoms with E-state index in [-0.39, 0.29) is 0 Å². The van der Waals surface area contributed by atoms with Gasteiger partial charge < -0.3 is 10.1 Å². The predicted octanol–water partition coefficient (Wildman–Crippen LogP) is 3.26. The maximum atomic E-state index is 5.55. The van der Waals surface area contributed by atoms with Crippen LogP contribution in [0.1, 0.15) is 51.9 Å². The maximum absolute atomic E-state index is 5.55. The van der Waals surface area contributed by atoms with Crippen molar-refractivity contribution in [1.29, 1.82) is 0 Å². The second-order valence-corrected chi connectivity index (χ2v) is 6.83. The van der Waals surface area contributed by atoms with Gasteiger partial charge in [0.05, 0.1) is 6.61 Å². The van der Waals surface area contributed by atoms with Crippen LogP contribution in [0.2, 0.25) is 0 Å². The Morgan fingerprint density at radius 3 is 2.18 bits per heavy atom. The molecular weight excluding hydrogens is 230 g/mol. The molecule has 0 amide bonds. The molecule has 0 radical (unpaired) electrons. The molecule has 0 atom stereocenters. The molecule has 4 fully saturated rings. The normalized spacial score (nSPS) is 42.5. The van der Waals surface area contributed by atoms with Gasteiger partial charge in [-0.1, -0.05) is 6.92 Å². The highest BCUT2D eigenvalue weighted by molar-refractivity contribution is 7.80. The number of rotatable bonds is 3. The van der Waals surface area contributed by atoms with Crippen molar-refractivity contribution in [2.75, 3.05) is 6.61 Å². The van der Waals surface area contributed by atoms with Gasteiger partial charge in [-0.2, -0.15) is 0 Å². The summed E-state index contributed by atoms with van der Waals surface area (Å²) in [6, 6.07) is 0. The second-order valence-electron chi connectivity index (χ2n) is 6.46. The first kappa shape index (κ1) is 11.8. The topological polar surface area (TPSA) is 21.3 Å². The molecule has 96 valence electrons. The Bertz CT molecular complexity index is 280. The Morgan fingerprint density at radius 1 is 1.18 bits per heavy atom. The van der Waals surface area contributed by atoms with Crippen molar-refractivity contribution in [3.05, 3.63) is 0 Å². The van der Waals surface area contributed by atoms with Crippen molar-refractivity contribution in [2.45, 2.75) is 57.4 Å². The smallest absolute Gasteiger partial charge is 0.257 e. The Hall–Kier alpha value is -0.310. The molecule has 0 aromatic carbocycles. The molecule has 3 heteroatoms. The minimum absolute atomic E-state index is 0.305. The van der Waals surface area contributed by atoms with Crippen LogP contribution in [-0.2, 0) is 4.74 Å². The summed E-state index contributed by atoms with van der Waals surface area (Å²) < 4.78 is 5.55. The van der Waals surface area contributed by atoms with Gasteiger partial charge in [0.1, 0.15) is 0 Å². The second kappa shape index (κ2) is 4.42. The zero-order chi connectivity index (χ0) is 11.9. The molecular formula is C14H23NOS. The summed E-state index contributed by atoms with van der Waals surface area (Å²) in [6.45, 7) is 2.87. The molecule has 0 unspecified atom stereocenters. The summed E-state index contributed by atoms with van der Waals surface area (Å²) in [5, 5.41) is 4.22. The van der Waals surface area contributed by atoms with E-state index in [9.17, 15) is 0 Å². The van der Waals surface area contributed by atoms with Gasteiger partial charge in [-0.15, -0.1) is 0 Å². The third-order valence-corrected chi connectivity index (χ3v) is 5.06. The lowest BCUT2D eigenvalue weighted by atomic mass is 9.53. The van der Waals surface area contributed by atoms with E-state index in [1.807, 2.05) is 0 Å². The molecule has 0 saturated heterocycles.